The largest absolute Gasteiger partial charge is 0.507 e. The number of carbonyl (C=O) groups excluding carboxylic acids is 1. The number of sulfone groups is 1. The first-order chi connectivity index (χ1) is 16.6. The van der Waals surface area contributed by atoms with E-state index < -0.39 is 21.9 Å². The van der Waals surface area contributed by atoms with E-state index in [1.54, 1.807) is 30.2 Å². The highest BCUT2D eigenvalue weighted by atomic mass is 32.2. The molecular weight excluding hydrogens is 470 g/mol. The number of benzene rings is 2. The summed E-state index contributed by atoms with van der Waals surface area (Å²) in [6.45, 7) is 3.85. The molecule has 3 aromatic rings. The minimum absolute atomic E-state index is 0.0388. The Bertz CT molecular complexity index is 1450. The van der Waals surface area contributed by atoms with E-state index in [-0.39, 0.29) is 23.2 Å². The van der Waals surface area contributed by atoms with Gasteiger partial charge in [0, 0.05) is 17.2 Å². The third kappa shape index (κ3) is 3.72. The van der Waals surface area contributed by atoms with E-state index in [1.165, 1.54) is 7.11 Å². The Labute approximate surface area is 203 Å². The molecular formula is C25H27N3O6S. The standard InChI is InChI=1S/C25H27N3O6S/c1-13-9-17(18(29)10-14(13)2)22-21-23(27-26-22)25(30)28(16-7-8-35(31,32)12-16)24(21)15-5-6-19(33-3)20(11-15)34-4/h5-6,9-11,16,24,29H,7-8,12H2,1-4H3,(H,26,27). The van der Waals surface area contributed by atoms with E-state index in [9.17, 15) is 18.3 Å². The number of nitrogens with one attached hydrogen (secondary N) is 1. The van der Waals surface area contributed by atoms with Gasteiger partial charge in [-0.25, -0.2) is 8.42 Å². The Morgan fingerprint density at radius 3 is 2.46 bits per heavy atom. The molecule has 0 saturated carbocycles. The van der Waals surface area contributed by atoms with Gasteiger partial charge in [0.1, 0.15) is 17.1 Å². The zero-order valence-corrected chi connectivity index (χ0v) is 20.8. The third-order valence-corrected chi connectivity index (χ3v) is 8.75. The van der Waals surface area contributed by atoms with Gasteiger partial charge in [0.05, 0.1) is 31.8 Å². The molecule has 2 aliphatic heterocycles. The molecule has 2 N–H and O–H groups in total. The zero-order chi connectivity index (χ0) is 25.1. The molecule has 1 saturated heterocycles. The summed E-state index contributed by atoms with van der Waals surface area (Å²) in [6.07, 6.45) is 0.361. The summed E-state index contributed by atoms with van der Waals surface area (Å²) in [7, 11) is -0.165. The van der Waals surface area contributed by atoms with Crippen molar-refractivity contribution in [1.82, 2.24) is 15.1 Å². The molecule has 3 heterocycles. The van der Waals surface area contributed by atoms with Crippen molar-refractivity contribution in [2.75, 3.05) is 25.7 Å². The number of ether oxygens (including phenoxy) is 2. The highest BCUT2D eigenvalue weighted by Gasteiger charge is 2.48. The molecule has 2 atom stereocenters. The zero-order valence-electron chi connectivity index (χ0n) is 20.0. The fraction of sp³-hybridized carbons (Fsp3) is 0.360. The maximum Gasteiger partial charge on any atom is 0.273 e. The molecule has 9 nitrogen and oxygen atoms in total. The highest BCUT2D eigenvalue weighted by molar-refractivity contribution is 7.91. The lowest BCUT2D eigenvalue weighted by molar-refractivity contribution is 0.0677. The van der Waals surface area contributed by atoms with Crippen LogP contribution in [0.4, 0.5) is 0 Å². The average Bonchev–Trinajstić information content (AvgIpc) is 3.49. The van der Waals surface area contributed by atoms with Crippen LogP contribution in [-0.2, 0) is 9.84 Å². The van der Waals surface area contributed by atoms with Gasteiger partial charge < -0.3 is 19.5 Å². The lowest BCUT2D eigenvalue weighted by atomic mass is 9.93. The van der Waals surface area contributed by atoms with Gasteiger partial charge in [-0.2, -0.15) is 5.10 Å². The fourth-order valence-electron chi connectivity index (χ4n) is 5.08. The number of hydrogen-bond donors (Lipinski definition) is 2. The number of hydrogen-bond acceptors (Lipinski definition) is 7. The van der Waals surface area contributed by atoms with Crippen molar-refractivity contribution in [3.63, 3.8) is 0 Å². The van der Waals surface area contributed by atoms with Crippen molar-refractivity contribution in [2.45, 2.75) is 32.4 Å². The van der Waals surface area contributed by atoms with Crippen LogP contribution in [0.3, 0.4) is 0 Å². The molecule has 0 bridgehead atoms. The first-order valence-corrected chi connectivity index (χ1v) is 13.1. The first-order valence-electron chi connectivity index (χ1n) is 11.3. The Morgan fingerprint density at radius 1 is 1.09 bits per heavy atom. The van der Waals surface area contributed by atoms with Gasteiger partial charge in [0.15, 0.2) is 21.3 Å². The van der Waals surface area contributed by atoms with Crippen LogP contribution in [0.25, 0.3) is 11.3 Å². The van der Waals surface area contributed by atoms with Crippen molar-refractivity contribution < 1.29 is 27.8 Å². The number of aromatic nitrogens is 2. The number of fused-ring (bicyclic) bond motifs is 1. The number of aromatic amines is 1. The van der Waals surface area contributed by atoms with Gasteiger partial charge in [0.25, 0.3) is 5.91 Å². The number of rotatable bonds is 5. The number of aromatic hydroxyl groups is 1. The number of carbonyl (C=O) groups is 1. The van der Waals surface area contributed by atoms with E-state index in [1.807, 2.05) is 26.0 Å². The Morgan fingerprint density at radius 2 is 1.80 bits per heavy atom. The summed E-state index contributed by atoms with van der Waals surface area (Å²) in [5.41, 5.74) is 4.49. The van der Waals surface area contributed by atoms with Crippen molar-refractivity contribution in [2.24, 2.45) is 0 Å². The third-order valence-electron chi connectivity index (χ3n) is 7.00. The van der Waals surface area contributed by atoms with Crippen molar-refractivity contribution in [1.29, 1.82) is 0 Å². The SMILES string of the molecule is COc1ccc(C2c3c(-c4cc(C)c(C)cc4O)n[nH]c3C(=O)N2C2CCS(=O)(=O)C2)cc1OC. The number of phenolic OH excluding ortho intramolecular Hbond substituents is 1. The molecule has 2 unspecified atom stereocenters. The smallest absolute Gasteiger partial charge is 0.273 e. The van der Waals surface area contributed by atoms with E-state index >= 15 is 0 Å². The molecule has 0 radical (unpaired) electrons. The van der Waals surface area contributed by atoms with Crippen molar-refractivity contribution in [3.05, 3.63) is 58.3 Å². The lowest BCUT2D eigenvalue weighted by Crippen LogP contribution is -2.40. The van der Waals surface area contributed by atoms with Crippen LogP contribution < -0.4 is 9.47 Å². The lowest BCUT2D eigenvalue weighted by Gasteiger charge is -2.31. The summed E-state index contributed by atoms with van der Waals surface area (Å²) < 4.78 is 35.5. The Kier molecular flexibility index (Phi) is 5.51. The molecule has 1 aromatic heterocycles. The summed E-state index contributed by atoms with van der Waals surface area (Å²) in [5.74, 6) is 0.715. The van der Waals surface area contributed by atoms with Crippen LogP contribution in [0.5, 0.6) is 17.2 Å². The van der Waals surface area contributed by atoms with E-state index in [0.29, 0.717) is 40.4 Å². The van der Waals surface area contributed by atoms with E-state index in [4.69, 9.17) is 9.47 Å². The summed E-state index contributed by atoms with van der Waals surface area (Å²) >= 11 is 0. The molecule has 1 fully saturated rings. The average molecular weight is 498 g/mol. The first kappa shape index (κ1) is 23.2. The second-order valence-electron chi connectivity index (χ2n) is 9.10. The molecule has 1 amide bonds. The van der Waals surface area contributed by atoms with Crippen LogP contribution >= 0.6 is 0 Å². The quantitative estimate of drug-likeness (QED) is 0.555. The van der Waals surface area contributed by atoms with Crippen LogP contribution in [0.2, 0.25) is 0 Å². The molecule has 184 valence electrons. The second kappa shape index (κ2) is 8.30. The molecule has 10 heteroatoms. The number of nitrogens with zero attached hydrogens (tertiary/aromatic N) is 2. The number of methoxy groups -OCH3 is 2. The number of phenols is 1. The molecule has 0 spiro atoms. The maximum atomic E-state index is 13.6. The minimum Gasteiger partial charge on any atom is -0.507 e. The van der Waals surface area contributed by atoms with Gasteiger partial charge in [-0.3, -0.25) is 9.89 Å². The minimum atomic E-state index is -3.24. The van der Waals surface area contributed by atoms with Crippen molar-refractivity contribution >= 4 is 15.7 Å². The topological polar surface area (TPSA) is 122 Å². The summed E-state index contributed by atoms with van der Waals surface area (Å²) in [5, 5.41) is 18.1. The predicted molar refractivity (Wildman–Crippen MR) is 130 cm³/mol. The van der Waals surface area contributed by atoms with Gasteiger partial charge in [-0.05, 0) is 61.2 Å². The van der Waals surface area contributed by atoms with Gasteiger partial charge in [-0.1, -0.05) is 6.07 Å². The predicted octanol–water partition coefficient (Wildman–Crippen LogP) is 3.15. The maximum absolute atomic E-state index is 13.6. The van der Waals surface area contributed by atoms with E-state index in [0.717, 1.165) is 16.7 Å². The van der Waals surface area contributed by atoms with Crippen molar-refractivity contribution in [3.8, 4) is 28.5 Å². The monoisotopic (exact) mass is 497 g/mol. The summed E-state index contributed by atoms with van der Waals surface area (Å²) in [6, 6.07) is 7.81. The normalized spacial score (nSPS) is 20.8. The molecule has 2 aliphatic rings. The van der Waals surface area contributed by atoms with Gasteiger partial charge >= 0.3 is 0 Å². The number of H-pyrrole nitrogens is 1. The van der Waals surface area contributed by atoms with Crippen LogP contribution in [-0.4, -0.2) is 66.3 Å². The van der Waals surface area contributed by atoms with Crippen LogP contribution in [0, 0.1) is 13.8 Å². The molecule has 0 aliphatic carbocycles. The Hall–Kier alpha value is -3.53. The highest BCUT2D eigenvalue weighted by Crippen LogP contribution is 2.48. The molecule has 35 heavy (non-hydrogen) atoms. The van der Waals surface area contributed by atoms with Crippen LogP contribution in [0.15, 0.2) is 30.3 Å². The molecule has 2 aromatic carbocycles. The fourth-order valence-corrected chi connectivity index (χ4v) is 6.79. The van der Waals surface area contributed by atoms with Crippen LogP contribution in [0.1, 0.15) is 45.2 Å². The number of amides is 1. The Balaban J connectivity index is 1.72. The van der Waals surface area contributed by atoms with Gasteiger partial charge in [-0.15, -0.1) is 0 Å². The molecule has 5 rings (SSSR count). The number of aryl methyl sites for hydroxylation is 2. The summed E-state index contributed by atoms with van der Waals surface area (Å²) in [4.78, 5) is 15.3. The second-order valence-corrected chi connectivity index (χ2v) is 11.3. The van der Waals surface area contributed by atoms with E-state index in [2.05, 4.69) is 10.2 Å². The van der Waals surface area contributed by atoms with Gasteiger partial charge in [0.2, 0.25) is 0 Å².